The number of rotatable bonds is 3. The van der Waals surface area contributed by atoms with E-state index in [9.17, 15) is 5.26 Å². The van der Waals surface area contributed by atoms with E-state index in [1.807, 2.05) is 18.2 Å². The van der Waals surface area contributed by atoms with Crippen molar-refractivity contribution in [3.63, 3.8) is 0 Å². The molecule has 0 aliphatic heterocycles. The molecule has 0 fully saturated rings. The van der Waals surface area contributed by atoms with E-state index in [0.717, 1.165) is 79.2 Å². The Hall–Kier alpha value is -6.31. The quantitative estimate of drug-likeness (QED) is 0.202. The molecule has 0 saturated carbocycles. The Balaban J connectivity index is 1.26. The first-order valence-electron chi connectivity index (χ1n) is 16.1. The fourth-order valence-electron chi connectivity index (χ4n) is 7.85. The summed E-state index contributed by atoms with van der Waals surface area (Å²) in [5, 5.41) is 16.1. The molecule has 9 aromatic rings. The van der Waals surface area contributed by atoms with Crippen LogP contribution in [0, 0.1) is 11.3 Å². The van der Waals surface area contributed by atoms with Crippen molar-refractivity contribution < 1.29 is 4.42 Å². The van der Waals surface area contributed by atoms with Crippen molar-refractivity contribution in [3.8, 4) is 28.6 Å². The summed E-state index contributed by atoms with van der Waals surface area (Å²) in [5.74, 6) is 0. The van der Waals surface area contributed by atoms with Crippen molar-refractivity contribution >= 4 is 60.7 Å². The van der Waals surface area contributed by atoms with Crippen molar-refractivity contribution in [2.75, 3.05) is 0 Å². The van der Waals surface area contributed by atoms with Gasteiger partial charge in [-0.05, 0) is 84.6 Å². The Bertz CT molecular complexity index is 2800. The maximum absolute atomic E-state index is 10.4. The highest BCUT2D eigenvalue weighted by Gasteiger charge is 2.23. The van der Waals surface area contributed by atoms with Crippen molar-refractivity contribution in [2.24, 2.45) is 0 Å². The third kappa shape index (κ3) is 3.63. The number of aryl methyl sites for hydroxylation is 1. The van der Waals surface area contributed by atoms with Gasteiger partial charge in [-0.1, -0.05) is 78.9 Å². The maximum Gasteiger partial charge on any atom is 0.160 e. The van der Waals surface area contributed by atoms with Crippen molar-refractivity contribution in [3.05, 3.63) is 150 Å². The molecule has 220 valence electrons. The van der Waals surface area contributed by atoms with Crippen LogP contribution in [0.5, 0.6) is 0 Å². The van der Waals surface area contributed by atoms with Crippen LogP contribution in [-0.2, 0) is 6.42 Å². The molecule has 0 spiro atoms. The molecule has 3 aromatic heterocycles. The smallest absolute Gasteiger partial charge is 0.160 e. The molecule has 1 aliphatic carbocycles. The lowest BCUT2D eigenvalue weighted by Crippen LogP contribution is -2.03. The van der Waals surface area contributed by atoms with Gasteiger partial charge in [-0.15, -0.1) is 0 Å². The molecule has 10 rings (SSSR count). The van der Waals surface area contributed by atoms with Crippen molar-refractivity contribution in [1.29, 1.82) is 5.26 Å². The van der Waals surface area contributed by atoms with Crippen LogP contribution in [0.2, 0.25) is 0 Å². The standard InChI is InChI=1S/C43H27N3O/c44-26-28-11-10-20-39(46-37-18-8-4-14-30(37)31-15-5-9-19-38(31)46)41(28)27-21-24-40-35(25-27)34-23-22-33-32-16-6-7-17-36(32)45(42(33)43(34)47-40)29-12-2-1-3-13-29/h1-4,6-14,16-25H,5,15H2. The molecule has 47 heavy (non-hydrogen) atoms. The molecule has 0 amide bonds. The summed E-state index contributed by atoms with van der Waals surface area (Å²) in [5.41, 5.74) is 12.3. The molecule has 0 saturated heterocycles. The topological polar surface area (TPSA) is 46.8 Å². The number of allylic oxidation sites excluding steroid dienone is 1. The lowest BCUT2D eigenvalue weighted by atomic mass is 9.96. The molecular formula is C43H27N3O. The van der Waals surface area contributed by atoms with Crippen LogP contribution in [0.15, 0.2) is 138 Å². The van der Waals surface area contributed by atoms with Gasteiger partial charge >= 0.3 is 0 Å². The third-order valence-electron chi connectivity index (χ3n) is 9.84. The number of hydrogen-bond donors (Lipinski definition) is 0. The Morgan fingerprint density at radius 3 is 2.26 bits per heavy atom. The second-order valence-electron chi connectivity index (χ2n) is 12.3. The minimum absolute atomic E-state index is 0.646. The summed E-state index contributed by atoms with van der Waals surface area (Å²) in [7, 11) is 0. The Morgan fingerprint density at radius 2 is 1.40 bits per heavy atom. The Morgan fingerprint density at radius 1 is 0.638 bits per heavy atom. The largest absolute Gasteiger partial charge is 0.454 e. The van der Waals surface area contributed by atoms with E-state index >= 15 is 0 Å². The first kappa shape index (κ1) is 26.0. The Labute approximate surface area is 270 Å². The van der Waals surface area contributed by atoms with Gasteiger partial charge in [0.25, 0.3) is 0 Å². The predicted molar refractivity (Wildman–Crippen MR) is 192 cm³/mol. The van der Waals surface area contributed by atoms with E-state index in [1.54, 1.807) is 0 Å². The number of para-hydroxylation sites is 3. The summed E-state index contributed by atoms with van der Waals surface area (Å²) in [6, 6.07) is 47.0. The van der Waals surface area contributed by atoms with Gasteiger partial charge in [-0.2, -0.15) is 5.26 Å². The summed E-state index contributed by atoms with van der Waals surface area (Å²) in [6.45, 7) is 0. The maximum atomic E-state index is 10.4. The van der Waals surface area contributed by atoms with E-state index in [4.69, 9.17) is 4.42 Å². The van der Waals surface area contributed by atoms with Crippen LogP contribution < -0.4 is 0 Å². The molecule has 0 unspecified atom stereocenters. The van der Waals surface area contributed by atoms with Crippen LogP contribution in [0.1, 0.15) is 23.2 Å². The first-order chi connectivity index (χ1) is 23.3. The minimum Gasteiger partial charge on any atom is -0.454 e. The van der Waals surface area contributed by atoms with Gasteiger partial charge in [-0.3, -0.25) is 0 Å². The van der Waals surface area contributed by atoms with Crippen molar-refractivity contribution in [2.45, 2.75) is 12.8 Å². The SMILES string of the molecule is N#Cc1cccc(-n2c3c(c4ccccc42)CCC=C3)c1-c1ccc2oc3c(ccc4c5ccccc5n(-c5ccccc5)c43)c2c1. The zero-order valence-electron chi connectivity index (χ0n) is 25.4. The van der Waals surface area contributed by atoms with Crippen LogP contribution in [0.4, 0.5) is 0 Å². The van der Waals surface area contributed by atoms with E-state index < -0.39 is 0 Å². The van der Waals surface area contributed by atoms with E-state index in [-0.39, 0.29) is 0 Å². The van der Waals surface area contributed by atoms with Gasteiger partial charge in [0.2, 0.25) is 0 Å². The van der Waals surface area contributed by atoms with Gasteiger partial charge in [0, 0.05) is 43.9 Å². The molecule has 0 atom stereocenters. The summed E-state index contributed by atoms with van der Waals surface area (Å²) in [4.78, 5) is 0. The molecular weight excluding hydrogens is 574 g/mol. The lowest BCUT2D eigenvalue weighted by molar-refractivity contribution is 0.671. The van der Waals surface area contributed by atoms with Gasteiger partial charge in [0.15, 0.2) is 5.58 Å². The van der Waals surface area contributed by atoms with Gasteiger partial charge in [0.05, 0.1) is 33.9 Å². The van der Waals surface area contributed by atoms with Crippen molar-refractivity contribution in [1.82, 2.24) is 9.13 Å². The third-order valence-corrected chi connectivity index (χ3v) is 9.84. The number of nitriles is 1. The molecule has 6 aromatic carbocycles. The average molecular weight is 602 g/mol. The number of aromatic nitrogens is 2. The summed E-state index contributed by atoms with van der Waals surface area (Å²) < 4.78 is 11.4. The molecule has 1 aliphatic rings. The number of nitrogens with zero attached hydrogens (tertiary/aromatic N) is 3. The zero-order valence-corrected chi connectivity index (χ0v) is 25.4. The Kier molecular flexibility index (Phi) is 5.44. The molecule has 0 radical (unpaired) electrons. The van der Waals surface area contributed by atoms with Crippen LogP contribution in [0.3, 0.4) is 0 Å². The predicted octanol–water partition coefficient (Wildman–Crippen LogP) is 11.1. The highest BCUT2D eigenvalue weighted by Crippen LogP contribution is 2.43. The molecule has 4 heteroatoms. The molecule has 0 N–H and O–H groups in total. The first-order valence-corrected chi connectivity index (χ1v) is 16.1. The van der Waals surface area contributed by atoms with Crippen LogP contribution >= 0.6 is 0 Å². The lowest BCUT2D eigenvalue weighted by Gasteiger charge is -2.17. The van der Waals surface area contributed by atoms with Gasteiger partial charge in [0.1, 0.15) is 5.58 Å². The van der Waals surface area contributed by atoms with E-state index in [0.29, 0.717) is 5.56 Å². The summed E-state index contributed by atoms with van der Waals surface area (Å²) in [6.07, 6.45) is 6.54. The van der Waals surface area contributed by atoms with Gasteiger partial charge in [-0.25, -0.2) is 0 Å². The van der Waals surface area contributed by atoms with E-state index in [2.05, 4.69) is 137 Å². The fourth-order valence-corrected chi connectivity index (χ4v) is 7.85. The molecule has 0 bridgehead atoms. The second-order valence-corrected chi connectivity index (χ2v) is 12.3. The van der Waals surface area contributed by atoms with Crippen LogP contribution in [-0.4, -0.2) is 9.13 Å². The zero-order chi connectivity index (χ0) is 31.1. The van der Waals surface area contributed by atoms with E-state index in [1.165, 1.54) is 22.0 Å². The number of fused-ring (bicyclic) bond motifs is 10. The minimum atomic E-state index is 0.646. The molecule has 4 nitrogen and oxygen atoms in total. The summed E-state index contributed by atoms with van der Waals surface area (Å²) >= 11 is 0. The highest BCUT2D eigenvalue weighted by atomic mass is 16.3. The monoisotopic (exact) mass is 601 g/mol. The second kappa shape index (κ2) is 9.84. The number of benzene rings is 6. The normalized spacial score (nSPS) is 12.8. The molecule has 3 heterocycles. The number of furan rings is 1. The fraction of sp³-hybridized carbons (Fsp3) is 0.0465. The highest BCUT2D eigenvalue weighted by molar-refractivity contribution is 6.21. The van der Waals surface area contributed by atoms with Gasteiger partial charge < -0.3 is 13.6 Å². The number of hydrogen-bond acceptors (Lipinski definition) is 2. The van der Waals surface area contributed by atoms with Crippen LogP contribution in [0.25, 0.3) is 83.2 Å². The average Bonchev–Trinajstić information content (AvgIpc) is 3.79.